The summed E-state index contributed by atoms with van der Waals surface area (Å²) < 4.78 is 16.7. The van der Waals surface area contributed by atoms with Crippen LogP contribution in [-0.2, 0) is 28.3 Å². The third-order valence-corrected chi connectivity index (χ3v) is 11.1. The number of methoxy groups -OCH3 is 2. The highest BCUT2D eigenvalue weighted by molar-refractivity contribution is 6.74. The first kappa shape index (κ1) is 35.3. The molecular weight excluding hydrogens is 500 g/mol. The van der Waals surface area contributed by atoms with Crippen molar-refractivity contribution in [2.45, 2.75) is 91.6 Å². The van der Waals surface area contributed by atoms with Crippen LogP contribution in [-0.4, -0.2) is 52.5 Å². The minimum Gasteiger partial charge on any atom is -0.490 e. The maximum atomic E-state index is 12.2. The standard InChI is InChI=1S/C29H50N2O6Si/c1-20(2)18-23(27(30)33)31-26(32)15-13-12-14-21(3)19-22(4)24(37-38(10,11)29(5,6)7)16-17-25(35-8)28(34)36-9/h12-15,17,19-20,22-24H,16,18H2,1-11H3,(H2,30,33)(H,31,32)/b14-12-,15-13-,21-19+,25-17+/t22-,23-,24-/m0/s1. The van der Waals surface area contributed by atoms with Crippen molar-refractivity contribution < 1.29 is 28.3 Å². The van der Waals surface area contributed by atoms with Gasteiger partial charge in [-0.2, -0.15) is 0 Å². The molecule has 8 nitrogen and oxygen atoms in total. The van der Waals surface area contributed by atoms with Crippen LogP contribution >= 0.6 is 0 Å². The molecule has 0 unspecified atom stereocenters. The first-order valence-corrected chi connectivity index (χ1v) is 16.0. The van der Waals surface area contributed by atoms with Crippen molar-refractivity contribution in [2.24, 2.45) is 17.6 Å². The topological polar surface area (TPSA) is 117 Å². The second-order valence-electron chi connectivity index (χ2n) is 11.5. The molecule has 0 radical (unpaired) electrons. The highest BCUT2D eigenvalue weighted by atomic mass is 28.4. The number of primary amides is 1. The fraction of sp³-hybridized carbons (Fsp3) is 0.621. The van der Waals surface area contributed by atoms with Crippen LogP contribution < -0.4 is 11.1 Å². The molecule has 38 heavy (non-hydrogen) atoms. The molecule has 3 N–H and O–H groups in total. The molecule has 0 heterocycles. The lowest BCUT2D eigenvalue weighted by Gasteiger charge is -2.40. The molecule has 0 rings (SSSR count). The first-order valence-electron chi connectivity index (χ1n) is 13.1. The molecule has 0 bridgehead atoms. The number of allylic oxidation sites excluding steroid dienone is 4. The lowest BCUT2D eigenvalue weighted by Crippen LogP contribution is -2.45. The number of hydrogen-bond donors (Lipinski definition) is 2. The summed E-state index contributed by atoms with van der Waals surface area (Å²) >= 11 is 0. The van der Waals surface area contributed by atoms with Gasteiger partial charge in [-0.3, -0.25) is 9.59 Å². The van der Waals surface area contributed by atoms with Gasteiger partial charge in [0.15, 0.2) is 14.1 Å². The number of hydrogen-bond acceptors (Lipinski definition) is 6. The average Bonchev–Trinajstić information content (AvgIpc) is 2.79. The summed E-state index contributed by atoms with van der Waals surface area (Å²) in [6.07, 6.45) is 11.3. The zero-order chi connectivity index (χ0) is 29.7. The summed E-state index contributed by atoms with van der Waals surface area (Å²) in [5.74, 6) is -1.03. The molecular formula is C29H50N2O6Si. The van der Waals surface area contributed by atoms with Crippen LogP contribution in [0.2, 0.25) is 18.1 Å². The molecule has 0 aliphatic rings. The summed E-state index contributed by atoms with van der Waals surface area (Å²) in [5, 5.41) is 2.67. The van der Waals surface area contributed by atoms with E-state index in [1.807, 2.05) is 26.8 Å². The largest absolute Gasteiger partial charge is 0.490 e. The van der Waals surface area contributed by atoms with Crippen LogP contribution in [0.1, 0.15) is 61.3 Å². The van der Waals surface area contributed by atoms with Crippen LogP contribution in [0.5, 0.6) is 0 Å². The number of nitrogens with one attached hydrogen (secondary N) is 1. The van der Waals surface area contributed by atoms with Crippen LogP contribution in [0, 0.1) is 11.8 Å². The predicted molar refractivity (Wildman–Crippen MR) is 156 cm³/mol. The third-order valence-electron chi connectivity index (χ3n) is 6.59. The van der Waals surface area contributed by atoms with Gasteiger partial charge in [-0.1, -0.05) is 71.4 Å². The van der Waals surface area contributed by atoms with Gasteiger partial charge in [0.1, 0.15) is 6.04 Å². The Morgan fingerprint density at radius 2 is 1.58 bits per heavy atom. The van der Waals surface area contributed by atoms with Gasteiger partial charge in [-0.25, -0.2) is 4.79 Å². The first-order chi connectivity index (χ1) is 17.4. The van der Waals surface area contributed by atoms with Crippen LogP contribution in [0.3, 0.4) is 0 Å². The van der Waals surface area contributed by atoms with Crippen molar-refractivity contribution >= 4 is 26.1 Å². The quantitative estimate of drug-likeness (QED) is 0.0954. The molecule has 0 aromatic rings. The minimum atomic E-state index is -2.10. The van der Waals surface area contributed by atoms with Crippen molar-refractivity contribution in [3.05, 3.63) is 47.8 Å². The highest BCUT2D eigenvalue weighted by Crippen LogP contribution is 2.38. The number of carbonyl (C=O) groups is 3. The SMILES string of the molecule is COC(=O)/C(=C\C[C@H](O[Si](C)(C)C(C)(C)C)[C@@H](C)/C=C(C)/C=C\C=C/C(=O)N[C@@H](CC(C)C)C(N)=O)OC. The smallest absolute Gasteiger partial charge is 0.372 e. The van der Waals surface area contributed by atoms with E-state index in [0.717, 1.165) is 5.57 Å². The molecule has 9 heteroatoms. The minimum absolute atomic E-state index is 0.0217. The van der Waals surface area contributed by atoms with Gasteiger partial charge in [0.2, 0.25) is 11.8 Å². The van der Waals surface area contributed by atoms with E-state index in [1.54, 1.807) is 18.2 Å². The molecule has 216 valence electrons. The predicted octanol–water partition coefficient (Wildman–Crippen LogP) is 5.18. The zero-order valence-electron chi connectivity index (χ0n) is 25.2. The van der Waals surface area contributed by atoms with Gasteiger partial charge in [-0.15, -0.1) is 0 Å². The van der Waals surface area contributed by atoms with Crippen LogP contribution in [0.4, 0.5) is 0 Å². The molecule has 0 saturated carbocycles. The molecule has 0 fully saturated rings. The maximum Gasteiger partial charge on any atom is 0.372 e. The van der Waals surface area contributed by atoms with Gasteiger partial charge in [0, 0.05) is 6.08 Å². The number of ether oxygens (including phenoxy) is 2. The molecule has 3 atom stereocenters. The van der Waals surface area contributed by atoms with Crippen molar-refractivity contribution in [3.8, 4) is 0 Å². The number of carbonyl (C=O) groups excluding carboxylic acids is 3. The van der Waals surface area contributed by atoms with Crippen molar-refractivity contribution in [1.29, 1.82) is 0 Å². The lowest BCUT2D eigenvalue weighted by atomic mass is 9.98. The second kappa shape index (κ2) is 16.3. The fourth-order valence-corrected chi connectivity index (χ4v) is 4.79. The van der Waals surface area contributed by atoms with E-state index in [0.29, 0.717) is 12.8 Å². The van der Waals surface area contributed by atoms with E-state index in [2.05, 4.69) is 52.2 Å². The van der Waals surface area contributed by atoms with Crippen molar-refractivity contribution in [3.63, 3.8) is 0 Å². The maximum absolute atomic E-state index is 12.2. The Balaban J connectivity index is 5.60. The molecule has 2 amide bonds. The van der Waals surface area contributed by atoms with E-state index in [1.165, 1.54) is 20.3 Å². The Kier molecular flexibility index (Phi) is 15.2. The molecule has 0 aliphatic carbocycles. The zero-order valence-corrected chi connectivity index (χ0v) is 26.2. The van der Waals surface area contributed by atoms with Gasteiger partial charge < -0.3 is 25.0 Å². The van der Waals surface area contributed by atoms with Crippen molar-refractivity contribution in [2.75, 3.05) is 14.2 Å². The highest BCUT2D eigenvalue weighted by Gasteiger charge is 2.39. The lowest BCUT2D eigenvalue weighted by molar-refractivity contribution is -0.139. The van der Waals surface area contributed by atoms with Crippen LogP contribution in [0.25, 0.3) is 0 Å². The Labute approximate surface area is 230 Å². The Bertz CT molecular complexity index is 913. The summed E-state index contributed by atoms with van der Waals surface area (Å²) in [7, 11) is 0.663. The van der Waals surface area contributed by atoms with Gasteiger partial charge in [0.25, 0.3) is 0 Å². The third kappa shape index (κ3) is 13.2. The van der Waals surface area contributed by atoms with Gasteiger partial charge in [-0.05, 0) is 55.8 Å². The van der Waals surface area contributed by atoms with E-state index in [9.17, 15) is 14.4 Å². The van der Waals surface area contributed by atoms with Gasteiger partial charge >= 0.3 is 5.97 Å². The number of nitrogens with two attached hydrogens (primary N) is 1. The van der Waals surface area contributed by atoms with Crippen LogP contribution in [0.15, 0.2) is 47.8 Å². The Hall–Kier alpha value is -2.65. The molecule has 0 saturated heterocycles. The second-order valence-corrected chi connectivity index (χ2v) is 16.3. The number of amides is 2. The summed E-state index contributed by atoms with van der Waals surface area (Å²) in [6.45, 7) is 18.9. The van der Waals surface area contributed by atoms with E-state index in [-0.39, 0.29) is 34.6 Å². The van der Waals surface area contributed by atoms with E-state index < -0.39 is 26.2 Å². The summed E-state index contributed by atoms with van der Waals surface area (Å²) in [6, 6.07) is -0.691. The summed E-state index contributed by atoms with van der Waals surface area (Å²) in [4.78, 5) is 35.7. The van der Waals surface area contributed by atoms with E-state index in [4.69, 9.17) is 19.6 Å². The average molecular weight is 551 g/mol. The number of rotatable bonds is 15. The Morgan fingerprint density at radius 3 is 2.05 bits per heavy atom. The summed E-state index contributed by atoms with van der Waals surface area (Å²) in [5.41, 5.74) is 6.38. The molecule has 0 aromatic carbocycles. The van der Waals surface area contributed by atoms with E-state index >= 15 is 0 Å². The molecule has 0 spiro atoms. The monoisotopic (exact) mass is 550 g/mol. The molecule has 0 aliphatic heterocycles. The normalized spacial score (nSPS) is 16.0. The molecule has 0 aromatic heterocycles. The Morgan fingerprint density at radius 1 is 1.00 bits per heavy atom. The van der Waals surface area contributed by atoms with Crippen molar-refractivity contribution in [1.82, 2.24) is 5.32 Å². The van der Waals surface area contributed by atoms with Gasteiger partial charge in [0.05, 0.1) is 20.3 Å². The fourth-order valence-electron chi connectivity index (χ4n) is 3.36. The number of esters is 1.